The van der Waals surface area contributed by atoms with E-state index in [0.29, 0.717) is 28.9 Å². The van der Waals surface area contributed by atoms with Gasteiger partial charge >= 0.3 is 0 Å². The van der Waals surface area contributed by atoms with Crippen LogP contribution < -0.4 is 0 Å². The number of aromatic hydroxyl groups is 2. The van der Waals surface area contributed by atoms with Crippen molar-refractivity contribution in [2.75, 3.05) is 0 Å². The van der Waals surface area contributed by atoms with E-state index in [2.05, 4.69) is 74.1 Å². The summed E-state index contributed by atoms with van der Waals surface area (Å²) >= 11 is 0. The normalized spacial score (nSPS) is 12.4. The molecule has 0 amide bonds. The molecule has 45 heavy (non-hydrogen) atoms. The van der Waals surface area contributed by atoms with Crippen molar-refractivity contribution in [1.29, 1.82) is 0 Å². The first-order valence-electron chi connectivity index (χ1n) is 15.7. The molecule has 0 bridgehead atoms. The second-order valence-electron chi connectivity index (χ2n) is 14.5. The van der Waals surface area contributed by atoms with Crippen LogP contribution in [0.15, 0.2) is 72.8 Å². The third-order valence-corrected chi connectivity index (χ3v) is 8.17. The van der Waals surface area contributed by atoms with Crippen LogP contribution in [0.2, 0.25) is 0 Å². The summed E-state index contributed by atoms with van der Waals surface area (Å²) in [6.45, 7) is 13.4. The fraction of sp³-hybridized carbons (Fsp3) is 0.351. The van der Waals surface area contributed by atoms with E-state index in [9.17, 15) is 10.2 Å². The summed E-state index contributed by atoms with van der Waals surface area (Å²) in [5, 5.41) is 42.1. The fourth-order valence-electron chi connectivity index (χ4n) is 5.53. The Morgan fingerprint density at radius 3 is 1.18 bits per heavy atom. The predicted molar refractivity (Wildman–Crippen MR) is 179 cm³/mol. The first kappa shape index (κ1) is 30.3. The Kier molecular flexibility index (Phi) is 7.85. The molecule has 4 aromatic carbocycles. The van der Waals surface area contributed by atoms with Gasteiger partial charge in [-0.15, -0.1) is 30.0 Å². The Labute approximate surface area is 264 Å². The molecule has 0 aliphatic rings. The summed E-state index contributed by atoms with van der Waals surface area (Å²) in [4.78, 5) is 3.04. The molecule has 0 aliphatic carbocycles. The van der Waals surface area contributed by atoms with Crippen molar-refractivity contribution in [3.05, 3.63) is 95.1 Å². The van der Waals surface area contributed by atoms with Crippen LogP contribution in [0.5, 0.6) is 11.5 Å². The lowest BCUT2D eigenvalue weighted by Gasteiger charge is -2.20. The maximum Gasteiger partial charge on any atom is 0.146 e. The summed E-state index contributed by atoms with van der Waals surface area (Å²) in [7, 11) is 0. The highest BCUT2D eigenvalue weighted by molar-refractivity contribution is 5.74. The topological polar surface area (TPSA) is 102 Å². The van der Waals surface area contributed by atoms with Crippen molar-refractivity contribution in [3.8, 4) is 22.9 Å². The quantitative estimate of drug-likeness (QED) is 0.182. The molecule has 2 N–H and O–H groups in total. The molecule has 2 heterocycles. The van der Waals surface area contributed by atoms with E-state index in [-0.39, 0.29) is 22.3 Å². The van der Waals surface area contributed by atoms with Gasteiger partial charge in [0.15, 0.2) is 0 Å². The smallest absolute Gasteiger partial charge is 0.146 e. The molecule has 2 aromatic heterocycles. The molecule has 0 aliphatic heterocycles. The van der Waals surface area contributed by atoms with Gasteiger partial charge in [0.05, 0.1) is 0 Å². The molecule has 0 atom stereocenters. The minimum absolute atomic E-state index is 0.0961. The maximum absolute atomic E-state index is 11.7. The monoisotopic (exact) mass is 602 g/mol. The minimum atomic E-state index is 0.0961. The van der Waals surface area contributed by atoms with Crippen LogP contribution in [0.4, 0.5) is 0 Å². The first-order valence-corrected chi connectivity index (χ1v) is 15.7. The molecule has 0 saturated heterocycles. The lowest BCUT2D eigenvalue weighted by molar-refractivity contribution is 0.378. The molecule has 0 radical (unpaired) electrons. The van der Waals surface area contributed by atoms with Gasteiger partial charge in [-0.25, -0.2) is 0 Å². The molecule has 6 rings (SSSR count). The molecular formula is C37H42N6O2. The highest BCUT2D eigenvalue weighted by Crippen LogP contribution is 2.36. The van der Waals surface area contributed by atoms with Crippen molar-refractivity contribution in [2.24, 2.45) is 10.8 Å². The lowest BCUT2D eigenvalue weighted by atomic mass is 9.87. The molecule has 0 spiro atoms. The van der Waals surface area contributed by atoms with Gasteiger partial charge in [-0.1, -0.05) is 77.9 Å². The van der Waals surface area contributed by atoms with Gasteiger partial charge in [-0.05, 0) is 84.0 Å². The van der Waals surface area contributed by atoms with Crippen LogP contribution in [-0.2, 0) is 19.3 Å². The van der Waals surface area contributed by atoms with Gasteiger partial charge in [0.2, 0.25) is 0 Å². The summed E-state index contributed by atoms with van der Waals surface area (Å²) < 4.78 is 0. The van der Waals surface area contributed by atoms with Crippen molar-refractivity contribution in [1.82, 2.24) is 30.0 Å². The van der Waals surface area contributed by atoms with Gasteiger partial charge in [-0.2, -0.15) is 0 Å². The maximum atomic E-state index is 11.7. The number of hydrogen-bond donors (Lipinski definition) is 2. The fourth-order valence-corrected chi connectivity index (χ4v) is 5.53. The van der Waals surface area contributed by atoms with Gasteiger partial charge in [0.25, 0.3) is 0 Å². The predicted octanol–water partition coefficient (Wildman–Crippen LogP) is 8.11. The molecule has 0 saturated carbocycles. The zero-order chi connectivity index (χ0) is 31.9. The second kappa shape index (κ2) is 11.7. The van der Waals surface area contributed by atoms with Crippen LogP contribution in [0, 0.1) is 10.8 Å². The standard InChI is InChI=1S/C37H42N6O2/c1-36(2,3)17-15-24-19-26(34(44)32(21-24)42-38-28-11-7-8-12-29(28)39-42)23-27-20-25(16-18-37(4,5)6)22-33(35(27)45)43-40-30-13-9-10-14-31(30)41-43/h7-14,19-22,44-45H,15-18,23H2,1-6H3. The summed E-state index contributed by atoms with van der Waals surface area (Å²) in [5.41, 5.74) is 7.92. The number of fused-ring (bicyclic) bond motifs is 2. The number of nitrogens with zero attached hydrogens (tertiary/aromatic N) is 6. The van der Waals surface area contributed by atoms with E-state index in [1.54, 1.807) is 0 Å². The molecule has 8 heteroatoms. The van der Waals surface area contributed by atoms with E-state index in [1.807, 2.05) is 60.7 Å². The first-order chi connectivity index (χ1) is 21.3. The van der Waals surface area contributed by atoms with E-state index in [4.69, 9.17) is 0 Å². The van der Waals surface area contributed by atoms with Crippen molar-refractivity contribution in [2.45, 2.75) is 73.6 Å². The largest absolute Gasteiger partial charge is 0.505 e. The zero-order valence-electron chi connectivity index (χ0n) is 27.0. The van der Waals surface area contributed by atoms with Gasteiger partial charge in [0.1, 0.15) is 44.9 Å². The van der Waals surface area contributed by atoms with Gasteiger partial charge in [-0.3, -0.25) is 0 Å². The Hall–Kier alpha value is -4.72. The number of rotatable bonds is 8. The summed E-state index contributed by atoms with van der Waals surface area (Å²) in [5.74, 6) is 0.192. The van der Waals surface area contributed by atoms with Gasteiger partial charge in [0, 0.05) is 17.5 Å². The number of phenolic OH excluding ortho intramolecular Hbond substituents is 2. The van der Waals surface area contributed by atoms with Gasteiger partial charge < -0.3 is 10.2 Å². The Bertz CT molecular complexity index is 1780. The Morgan fingerprint density at radius 2 is 0.867 bits per heavy atom. The van der Waals surface area contributed by atoms with Crippen LogP contribution in [-0.4, -0.2) is 40.2 Å². The zero-order valence-corrected chi connectivity index (χ0v) is 27.0. The van der Waals surface area contributed by atoms with E-state index < -0.39 is 0 Å². The van der Waals surface area contributed by atoms with Crippen LogP contribution in [0.3, 0.4) is 0 Å². The Balaban J connectivity index is 1.46. The van der Waals surface area contributed by atoms with Crippen molar-refractivity contribution in [3.63, 3.8) is 0 Å². The van der Waals surface area contributed by atoms with Crippen LogP contribution in [0.25, 0.3) is 33.4 Å². The summed E-state index contributed by atoms with van der Waals surface area (Å²) in [6.07, 6.45) is 3.92. The number of phenols is 2. The third kappa shape index (κ3) is 6.85. The summed E-state index contributed by atoms with van der Waals surface area (Å²) in [6, 6.07) is 23.4. The molecule has 0 fully saturated rings. The molecule has 8 nitrogen and oxygen atoms in total. The average Bonchev–Trinajstić information content (AvgIpc) is 3.61. The number of aromatic nitrogens is 6. The van der Waals surface area contributed by atoms with E-state index >= 15 is 0 Å². The minimum Gasteiger partial charge on any atom is -0.505 e. The third-order valence-electron chi connectivity index (χ3n) is 8.17. The number of aryl methyl sites for hydroxylation is 2. The van der Waals surface area contributed by atoms with Crippen LogP contribution in [0.1, 0.15) is 76.6 Å². The number of benzene rings is 4. The van der Waals surface area contributed by atoms with E-state index in [0.717, 1.165) is 58.9 Å². The second-order valence-corrected chi connectivity index (χ2v) is 14.5. The molecular weight excluding hydrogens is 560 g/mol. The molecule has 232 valence electrons. The van der Waals surface area contributed by atoms with E-state index in [1.165, 1.54) is 9.59 Å². The highest BCUT2D eigenvalue weighted by Gasteiger charge is 2.21. The van der Waals surface area contributed by atoms with Crippen molar-refractivity contribution >= 4 is 22.1 Å². The lowest BCUT2D eigenvalue weighted by Crippen LogP contribution is -2.09. The number of hydrogen-bond acceptors (Lipinski definition) is 6. The average molecular weight is 603 g/mol. The van der Waals surface area contributed by atoms with Crippen LogP contribution >= 0.6 is 0 Å². The molecule has 0 unspecified atom stereocenters. The Morgan fingerprint density at radius 1 is 0.533 bits per heavy atom. The highest BCUT2D eigenvalue weighted by atomic mass is 16.3. The SMILES string of the molecule is CC(C)(C)CCc1cc(Cc2cc(CCC(C)(C)C)cc(-n3nc4ccccc4n3)c2O)c(O)c(-n2nc3ccccc3n2)c1. The van der Waals surface area contributed by atoms with Crippen molar-refractivity contribution < 1.29 is 10.2 Å². The molecule has 6 aromatic rings.